The first-order chi connectivity index (χ1) is 10.7. The van der Waals surface area contributed by atoms with E-state index in [1.807, 2.05) is 0 Å². The summed E-state index contributed by atoms with van der Waals surface area (Å²) < 4.78 is 35.2. The first-order valence-electron chi connectivity index (χ1n) is 6.26. The van der Waals surface area contributed by atoms with Crippen molar-refractivity contribution in [2.75, 3.05) is 11.9 Å². The molecule has 1 unspecified atom stereocenters. The van der Waals surface area contributed by atoms with E-state index in [1.54, 1.807) is 4.57 Å². The largest absolute Gasteiger partial charge is 0.382 e. The van der Waals surface area contributed by atoms with Gasteiger partial charge >= 0.3 is 0 Å². The second kappa shape index (κ2) is 6.57. The van der Waals surface area contributed by atoms with E-state index in [0.29, 0.717) is 11.2 Å². The molecule has 0 spiro atoms. The molecule has 22 heavy (non-hydrogen) atoms. The molecule has 2 N–H and O–H groups in total. The predicted octanol–water partition coefficient (Wildman–Crippen LogP) is 1.43. The fraction of sp³-hybridized carbons (Fsp3) is 0.500. The van der Waals surface area contributed by atoms with Gasteiger partial charge in [0.25, 0.3) is 0 Å². The average molecular weight is 359 g/mol. The van der Waals surface area contributed by atoms with E-state index in [9.17, 15) is 9.13 Å². The van der Waals surface area contributed by atoms with Gasteiger partial charge in [-0.2, -0.15) is 0 Å². The molecule has 0 aromatic carbocycles. The van der Waals surface area contributed by atoms with Crippen LogP contribution in [0.5, 0.6) is 0 Å². The summed E-state index contributed by atoms with van der Waals surface area (Å²) in [4.78, 5) is 12.2. The zero-order chi connectivity index (χ0) is 15.7. The van der Waals surface area contributed by atoms with Crippen LogP contribution < -0.4 is 5.73 Å². The van der Waals surface area contributed by atoms with Gasteiger partial charge in [-0.1, -0.05) is 0 Å². The van der Waals surface area contributed by atoms with Crippen molar-refractivity contribution in [2.24, 2.45) is 0 Å². The van der Waals surface area contributed by atoms with Gasteiger partial charge in [0.1, 0.15) is 17.9 Å². The fourth-order valence-corrected chi connectivity index (χ4v) is 4.21. The standard InChI is InChI=1S/C10H12N5O4P3/c11-8-5-9(13-2-12-8)15(3-14-5)10-6(19-20)7(22-17)4(18-10)1-21-16/h2-4,6-7,10H,1,20H2,(H2,11,12,13)/t4-,6+,7-,10-/m1/s1. The van der Waals surface area contributed by atoms with Crippen LogP contribution in [-0.2, 0) is 18.4 Å². The van der Waals surface area contributed by atoms with E-state index in [-0.39, 0.29) is 28.9 Å². The van der Waals surface area contributed by atoms with Crippen LogP contribution in [-0.4, -0.2) is 43.5 Å². The molecule has 0 bridgehead atoms. The quantitative estimate of drug-likeness (QED) is 0.796. The smallest absolute Gasteiger partial charge is 0.167 e. The molecule has 0 saturated carbocycles. The summed E-state index contributed by atoms with van der Waals surface area (Å²) in [5, 5.41) is 0. The summed E-state index contributed by atoms with van der Waals surface area (Å²) in [7, 11) is 1.93. The Morgan fingerprint density at radius 2 is 2.23 bits per heavy atom. The Hall–Kier alpha value is -1.10. The first kappa shape index (κ1) is 15.8. The van der Waals surface area contributed by atoms with Gasteiger partial charge in [0.05, 0.1) is 24.3 Å². The summed E-state index contributed by atoms with van der Waals surface area (Å²) in [6, 6.07) is 0. The van der Waals surface area contributed by atoms with Gasteiger partial charge in [0.2, 0.25) is 0 Å². The van der Waals surface area contributed by atoms with Crippen molar-refractivity contribution in [1.82, 2.24) is 19.5 Å². The molecule has 1 aliphatic rings. The van der Waals surface area contributed by atoms with E-state index >= 15 is 0 Å². The van der Waals surface area contributed by atoms with E-state index in [1.165, 1.54) is 12.7 Å². The van der Waals surface area contributed by atoms with E-state index in [4.69, 9.17) is 15.0 Å². The summed E-state index contributed by atoms with van der Waals surface area (Å²) in [6.07, 6.45) is 1.49. The Morgan fingerprint density at radius 1 is 1.41 bits per heavy atom. The molecule has 5 atom stereocenters. The third-order valence-electron chi connectivity index (χ3n) is 3.51. The Balaban J connectivity index is 2.03. The molecule has 0 aliphatic carbocycles. The minimum atomic E-state index is -0.602. The SMILES string of the molecule is Nc1ncnc2c1ncn2[C@@H]1O[C@H](CP=O)[C@@H](P=O)[C@@H]1OP. The molecule has 1 aliphatic heterocycles. The molecule has 116 valence electrons. The number of anilines is 1. The third kappa shape index (κ3) is 2.53. The Labute approximate surface area is 130 Å². The number of aromatic nitrogens is 4. The number of nitrogens with zero attached hydrogens (tertiary/aromatic N) is 4. The Bertz CT molecular complexity index is 713. The second-order valence-electron chi connectivity index (χ2n) is 4.66. The normalized spacial score (nSPS) is 28.8. The molecule has 1 fully saturated rings. The summed E-state index contributed by atoms with van der Waals surface area (Å²) in [5.74, 6) is 0.262. The van der Waals surface area contributed by atoms with Crippen LogP contribution in [0, 0.1) is 0 Å². The minimum absolute atomic E-state index is 0.0802. The molecular weight excluding hydrogens is 347 g/mol. The topological polar surface area (TPSA) is 122 Å². The van der Waals surface area contributed by atoms with E-state index in [2.05, 4.69) is 24.4 Å². The number of ether oxygens (including phenoxy) is 1. The lowest BCUT2D eigenvalue weighted by molar-refractivity contribution is -0.0175. The zero-order valence-electron chi connectivity index (χ0n) is 11.1. The summed E-state index contributed by atoms with van der Waals surface area (Å²) in [6.45, 7) is 0. The Morgan fingerprint density at radius 3 is 2.91 bits per heavy atom. The van der Waals surface area contributed by atoms with Gasteiger partial charge in [0, 0.05) is 9.47 Å². The van der Waals surface area contributed by atoms with E-state index in [0.717, 1.165) is 0 Å². The molecule has 2 aromatic rings. The first-order valence-corrected chi connectivity index (χ1v) is 8.62. The van der Waals surface area contributed by atoms with Crippen molar-refractivity contribution in [3.63, 3.8) is 0 Å². The highest BCUT2D eigenvalue weighted by Crippen LogP contribution is 2.40. The number of imidazole rings is 1. The Kier molecular flexibility index (Phi) is 4.71. The van der Waals surface area contributed by atoms with E-state index < -0.39 is 24.1 Å². The van der Waals surface area contributed by atoms with Crippen molar-refractivity contribution in [3.8, 4) is 0 Å². The molecule has 3 rings (SSSR count). The lowest BCUT2D eigenvalue weighted by Gasteiger charge is -2.19. The van der Waals surface area contributed by atoms with Gasteiger partial charge in [-0.15, -0.1) is 0 Å². The number of rotatable bonds is 5. The highest BCUT2D eigenvalue weighted by Gasteiger charge is 2.47. The monoisotopic (exact) mass is 359 g/mol. The minimum Gasteiger partial charge on any atom is -0.382 e. The van der Waals surface area contributed by atoms with Gasteiger partial charge in [-0.05, 0) is 0 Å². The number of nitrogen functional groups attached to an aromatic ring is 1. The molecule has 2 aromatic heterocycles. The fourth-order valence-electron chi connectivity index (χ4n) is 2.50. The second-order valence-corrected chi connectivity index (χ2v) is 6.36. The van der Waals surface area contributed by atoms with Crippen molar-refractivity contribution in [2.45, 2.75) is 24.1 Å². The van der Waals surface area contributed by atoms with Crippen LogP contribution in [0.1, 0.15) is 6.23 Å². The van der Waals surface area contributed by atoms with Crippen LogP contribution in [0.25, 0.3) is 11.2 Å². The average Bonchev–Trinajstić information content (AvgIpc) is 3.09. The predicted molar refractivity (Wildman–Crippen MR) is 82.1 cm³/mol. The van der Waals surface area contributed by atoms with Gasteiger partial charge < -0.3 is 15.0 Å². The van der Waals surface area contributed by atoms with Crippen LogP contribution in [0.3, 0.4) is 0 Å². The van der Waals surface area contributed by atoms with Gasteiger partial charge in [0.15, 0.2) is 34.6 Å². The zero-order valence-corrected chi connectivity index (χ0v) is 14.1. The highest BCUT2D eigenvalue weighted by atomic mass is 31.1. The lowest BCUT2D eigenvalue weighted by atomic mass is 10.2. The highest BCUT2D eigenvalue weighted by molar-refractivity contribution is 7.26. The number of fused-ring (bicyclic) bond motifs is 1. The molecule has 0 amide bonds. The van der Waals surface area contributed by atoms with Crippen molar-refractivity contribution < 1.29 is 18.4 Å². The van der Waals surface area contributed by atoms with Crippen molar-refractivity contribution in [1.29, 1.82) is 0 Å². The number of hydrogen-bond donors (Lipinski definition) is 1. The maximum atomic E-state index is 11.4. The van der Waals surface area contributed by atoms with Crippen molar-refractivity contribution >= 4 is 43.4 Å². The van der Waals surface area contributed by atoms with Crippen LogP contribution in [0.15, 0.2) is 12.7 Å². The van der Waals surface area contributed by atoms with Crippen LogP contribution in [0.4, 0.5) is 5.82 Å². The van der Waals surface area contributed by atoms with Crippen LogP contribution >= 0.6 is 26.4 Å². The number of hydrogen-bond acceptors (Lipinski definition) is 8. The molecule has 9 nitrogen and oxygen atoms in total. The molecular formula is C10H12N5O4P3. The molecule has 3 heterocycles. The van der Waals surface area contributed by atoms with Gasteiger partial charge in [-0.3, -0.25) is 13.7 Å². The maximum Gasteiger partial charge on any atom is 0.167 e. The maximum absolute atomic E-state index is 11.4. The third-order valence-corrected chi connectivity index (χ3v) is 5.20. The molecule has 0 radical (unpaired) electrons. The lowest BCUT2D eigenvalue weighted by Crippen LogP contribution is -2.28. The van der Waals surface area contributed by atoms with Gasteiger partial charge in [-0.25, -0.2) is 15.0 Å². The van der Waals surface area contributed by atoms with Crippen LogP contribution in [0.2, 0.25) is 0 Å². The molecule has 1 saturated heterocycles. The van der Waals surface area contributed by atoms with Crippen molar-refractivity contribution in [3.05, 3.63) is 12.7 Å². The summed E-state index contributed by atoms with van der Waals surface area (Å²) >= 11 is 0. The summed E-state index contributed by atoms with van der Waals surface area (Å²) in [5.41, 5.74) is 6.27. The number of nitrogens with two attached hydrogens (primary N) is 1. The molecule has 12 heteroatoms.